The quantitative estimate of drug-likeness (QED) is 0.112. The summed E-state index contributed by atoms with van der Waals surface area (Å²) in [5.74, 6) is 2.79. The molecule has 0 radical (unpaired) electrons. The average molecular weight is 648 g/mol. The Balaban J connectivity index is 1.29. The van der Waals surface area contributed by atoms with Crippen LogP contribution in [0.25, 0.3) is 39.4 Å². The zero-order valence-electron chi connectivity index (χ0n) is 27.5. The minimum atomic E-state index is -0.209. The Morgan fingerprint density at radius 2 is 1.68 bits per heavy atom. The summed E-state index contributed by atoms with van der Waals surface area (Å²) in [6, 6.07) is 23.8. The van der Waals surface area contributed by atoms with E-state index in [0.717, 1.165) is 58.0 Å². The molecular formula is C38H41N5O3S. The molecule has 0 saturated heterocycles. The highest BCUT2D eigenvalue weighted by atomic mass is 32.1. The molecule has 0 amide bonds. The van der Waals surface area contributed by atoms with Gasteiger partial charge in [0.15, 0.2) is 5.82 Å². The molecule has 3 aromatic heterocycles. The minimum Gasteiger partial charge on any atom is -0.494 e. The Morgan fingerprint density at radius 1 is 0.894 bits per heavy atom. The maximum Gasteiger partial charge on any atom is 0.291 e. The number of fused-ring (bicyclic) bond motifs is 1. The fourth-order valence-electron chi connectivity index (χ4n) is 5.31. The molecule has 6 rings (SSSR count). The van der Waals surface area contributed by atoms with Gasteiger partial charge >= 0.3 is 0 Å². The van der Waals surface area contributed by atoms with Crippen molar-refractivity contribution in [3.63, 3.8) is 0 Å². The number of ether oxygens (including phenoxy) is 2. The lowest BCUT2D eigenvalue weighted by molar-refractivity contribution is 0.288. The number of aromatic nitrogens is 5. The molecular weight excluding hydrogens is 607 g/mol. The zero-order chi connectivity index (χ0) is 32.8. The van der Waals surface area contributed by atoms with Crippen molar-refractivity contribution in [2.75, 3.05) is 13.2 Å². The number of hydrogen-bond donors (Lipinski definition) is 0. The van der Waals surface area contributed by atoms with Gasteiger partial charge in [-0.05, 0) is 91.9 Å². The fraction of sp³-hybridized carbons (Fsp3) is 0.316. The highest BCUT2D eigenvalue weighted by Crippen LogP contribution is 2.29. The van der Waals surface area contributed by atoms with E-state index in [-0.39, 0.29) is 5.56 Å². The van der Waals surface area contributed by atoms with E-state index < -0.39 is 0 Å². The SMILES string of the molecule is CCCCCCOc1ccc(-c2nc3sc(=Cc4cn(-c5ccccc5)nc4-c4ccc(OCCC(C)C)c(C)c4)c(=O)n3n2)cc1. The van der Waals surface area contributed by atoms with Crippen molar-refractivity contribution in [2.24, 2.45) is 5.92 Å². The number of para-hydroxylation sites is 1. The van der Waals surface area contributed by atoms with Crippen molar-refractivity contribution in [2.45, 2.75) is 59.8 Å². The Labute approximate surface area is 279 Å². The van der Waals surface area contributed by atoms with E-state index in [1.54, 1.807) is 0 Å². The highest BCUT2D eigenvalue weighted by molar-refractivity contribution is 7.15. The van der Waals surface area contributed by atoms with Crippen LogP contribution in [0.1, 0.15) is 64.0 Å². The van der Waals surface area contributed by atoms with Gasteiger partial charge in [0.25, 0.3) is 5.56 Å². The molecule has 3 heterocycles. The molecule has 242 valence electrons. The fourth-order valence-corrected chi connectivity index (χ4v) is 6.21. The lowest BCUT2D eigenvalue weighted by Gasteiger charge is -2.11. The van der Waals surface area contributed by atoms with E-state index in [2.05, 4.69) is 31.9 Å². The van der Waals surface area contributed by atoms with E-state index in [4.69, 9.17) is 19.6 Å². The molecule has 0 fully saturated rings. The standard InChI is InChI=1S/C38H41N5O3S/c1-5-6-7-11-21-45-32-17-14-28(15-18-32)36-39-38-43(41-36)37(44)34(47-38)24-30-25-42(31-12-9-8-10-13-31)40-35(30)29-16-19-33(27(4)23-29)46-22-20-26(2)3/h8-10,12-19,23-26H,5-7,11,20-22H2,1-4H3. The predicted octanol–water partition coefficient (Wildman–Crippen LogP) is 7.91. The van der Waals surface area contributed by atoms with Crippen LogP contribution in [0.3, 0.4) is 0 Å². The summed E-state index contributed by atoms with van der Waals surface area (Å²) < 4.78 is 15.7. The van der Waals surface area contributed by atoms with E-state index >= 15 is 0 Å². The summed E-state index contributed by atoms with van der Waals surface area (Å²) in [5.41, 5.74) is 5.14. The van der Waals surface area contributed by atoms with Crippen LogP contribution >= 0.6 is 11.3 Å². The first kappa shape index (κ1) is 32.2. The molecule has 0 saturated carbocycles. The van der Waals surface area contributed by atoms with Crippen molar-refractivity contribution in [1.82, 2.24) is 24.4 Å². The number of aryl methyl sites for hydroxylation is 1. The van der Waals surface area contributed by atoms with Crippen LogP contribution < -0.4 is 19.6 Å². The molecule has 0 atom stereocenters. The van der Waals surface area contributed by atoms with Gasteiger partial charge in [-0.3, -0.25) is 4.79 Å². The van der Waals surface area contributed by atoms with Gasteiger partial charge in [0.05, 0.1) is 23.4 Å². The molecule has 0 aliphatic heterocycles. The smallest absolute Gasteiger partial charge is 0.291 e. The molecule has 0 spiro atoms. The molecule has 0 N–H and O–H groups in total. The first-order valence-corrected chi connectivity index (χ1v) is 17.2. The van der Waals surface area contributed by atoms with Gasteiger partial charge in [0.1, 0.15) is 17.2 Å². The van der Waals surface area contributed by atoms with Gasteiger partial charge in [0.2, 0.25) is 4.96 Å². The Morgan fingerprint density at radius 3 is 2.40 bits per heavy atom. The number of hydrogen-bond acceptors (Lipinski definition) is 7. The second kappa shape index (κ2) is 14.8. The van der Waals surface area contributed by atoms with Crippen LogP contribution in [-0.4, -0.2) is 37.6 Å². The molecule has 0 unspecified atom stereocenters. The third kappa shape index (κ3) is 7.63. The summed E-state index contributed by atoms with van der Waals surface area (Å²) in [5, 5.41) is 9.53. The summed E-state index contributed by atoms with van der Waals surface area (Å²) in [4.78, 5) is 18.8. The van der Waals surface area contributed by atoms with Crippen molar-refractivity contribution >= 4 is 22.4 Å². The maximum atomic E-state index is 13.6. The maximum absolute atomic E-state index is 13.6. The van der Waals surface area contributed by atoms with Gasteiger partial charge in [-0.2, -0.15) is 14.6 Å². The van der Waals surface area contributed by atoms with Crippen molar-refractivity contribution in [1.29, 1.82) is 0 Å². The van der Waals surface area contributed by atoms with E-state index in [9.17, 15) is 4.79 Å². The lowest BCUT2D eigenvalue weighted by Crippen LogP contribution is -2.23. The number of thiazole rings is 1. The number of rotatable bonds is 14. The third-order valence-corrected chi connectivity index (χ3v) is 8.97. The van der Waals surface area contributed by atoms with Gasteiger partial charge in [-0.1, -0.05) is 69.6 Å². The lowest BCUT2D eigenvalue weighted by atomic mass is 10.0. The number of unbranched alkanes of at least 4 members (excludes halogenated alkanes) is 3. The first-order chi connectivity index (χ1) is 22.9. The topological polar surface area (TPSA) is 83.5 Å². The molecule has 47 heavy (non-hydrogen) atoms. The van der Waals surface area contributed by atoms with Crippen LogP contribution in [0.4, 0.5) is 0 Å². The summed E-state index contributed by atoms with van der Waals surface area (Å²) >= 11 is 1.32. The van der Waals surface area contributed by atoms with Crippen LogP contribution in [-0.2, 0) is 0 Å². The second-order valence-electron chi connectivity index (χ2n) is 12.2. The van der Waals surface area contributed by atoms with Crippen LogP contribution in [0.2, 0.25) is 0 Å². The van der Waals surface area contributed by atoms with Gasteiger partial charge < -0.3 is 9.47 Å². The number of nitrogens with zero attached hydrogens (tertiary/aromatic N) is 5. The molecule has 0 bridgehead atoms. The van der Waals surface area contributed by atoms with E-state index in [1.807, 2.05) is 90.6 Å². The van der Waals surface area contributed by atoms with Crippen molar-refractivity contribution < 1.29 is 9.47 Å². The largest absolute Gasteiger partial charge is 0.494 e. The third-order valence-electron chi connectivity index (χ3n) is 8.01. The molecule has 6 aromatic rings. The second-order valence-corrected chi connectivity index (χ2v) is 13.2. The Bertz CT molecular complexity index is 2050. The van der Waals surface area contributed by atoms with Crippen LogP contribution in [0, 0.1) is 12.8 Å². The number of benzene rings is 3. The zero-order valence-corrected chi connectivity index (χ0v) is 28.3. The summed E-state index contributed by atoms with van der Waals surface area (Å²) in [7, 11) is 0. The van der Waals surface area contributed by atoms with E-state index in [1.165, 1.54) is 35.1 Å². The molecule has 9 heteroatoms. The van der Waals surface area contributed by atoms with E-state index in [0.29, 0.717) is 34.4 Å². The molecule has 8 nitrogen and oxygen atoms in total. The van der Waals surface area contributed by atoms with Crippen molar-refractivity contribution in [3.05, 3.63) is 105 Å². The van der Waals surface area contributed by atoms with Gasteiger partial charge in [-0.25, -0.2) is 4.68 Å². The Hall–Kier alpha value is -4.76. The summed E-state index contributed by atoms with van der Waals surface area (Å²) in [6.45, 7) is 10.0. The first-order valence-electron chi connectivity index (χ1n) is 16.4. The van der Waals surface area contributed by atoms with Crippen LogP contribution in [0.5, 0.6) is 11.5 Å². The Kier molecular flexibility index (Phi) is 10.1. The van der Waals surface area contributed by atoms with Crippen molar-refractivity contribution in [3.8, 4) is 39.8 Å². The minimum absolute atomic E-state index is 0.209. The normalized spacial score (nSPS) is 12.0. The summed E-state index contributed by atoms with van der Waals surface area (Å²) in [6.07, 6.45) is 9.51. The molecule has 0 aliphatic rings. The average Bonchev–Trinajstić information content (AvgIpc) is 3.77. The van der Waals surface area contributed by atoms with Gasteiger partial charge in [-0.15, -0.1) is 5.10 Å². The highest BCUT2D eigenvalue weighted by Gasteiger charge is 2.16. The monoisotopic (exact) mass is 647 g/mol. The molecule has 3 aromatic carbocycles. The molecule has 0 aliphatic carbocycles. The van der Waals surface area contributed by atoms with Gasteiger partial charge in [0, 0.05) is 22.9 Å². The van der Waals surface area contributed by atoms with Crippen LogP contribution in [0.15, 0.2) is 83.8 Å². The predicted molar refractivity (Wildman–Crippen MR) is 190 cm³/mol.